The van der Waals surface area contributed by atoms with E-state index in [2.05, 4.69) is 11.4 Å². The Hall–Kier alpha value is -2.07. The van der Waals surface area contributed by atoms with Gasteiger partial charge in [-0.1, -0.05) is 24.3 Å². The second-order valence-electron chi connectivity index (χ2n) is 5.55. The molecule has 0 unspecified atom stereocenters. The van der Waals surface area contributed by atoms with E-state index in [4.69, 9.17) is 0 Å². The second kappa shape index (κ2) is 5.61. The lowest BCUT2D eigenvalue weighted by molar-refractivity contribution is 0.596. The summed E-state index contributed by atoms with van der Waals surface area (Å²) in [7, 11) is -1.57. The van der Waals surface area contributed by atoms with Crippen molar-refractivity contribution in [2.24, 2.45) is 0 Å². The molecule has 0 saturated carbocycles. The monoisotopic (exact) mass is 313 g/mol. The van der Waals surface area contributed by atoms with Gasteiger partial charge >= 0.3 is 0 Å². The quantitative estimate of drug-likeness (QED) is 0.945. The van der Waals surface area contributed by atoms with Crippen molar-refractivity contribution in [1.82, 2.24) is 5.32 Å². The lowest BCUT2D eigenvalue weighted by Crippen LogP contribution is -2.12. The minimum absolute atomic E-state index is 0.354. The predicted molar refractivity (Wildman–Crippen MR) is 88.4 cm³/mol. The summed E-state index contributed by atoms with van der Waals surface area (Å²) in [6.07, 6.45) is 3.95. The van der Waals surface area contributed by atoms with Gasteiger partial charge in [0.25, 0.3) is 0 Å². The fourth-order valence-corrected chi connectivity index (χ4v) is 4.26. The van der Waals surface area contributed by atoms with Crippen molar-refractivity contribution in [3.05, 3.63) is 65.2 Å². The molecule has 4 heteroatoms. The van der Waals surface area contributed by atoms with Gasteiger partial charge < -0.3 is 5.32 Å². The van der Waals surface area contributed by atoms with Crippen molar-refractivity contribution < 1.29 is 8.42 Å². The summed E-state index contributed by atoms with van der Waals surface area (Å²) in [6, 6.07) is 12.5. The molecule has 0 radical (unpaired) electrons. The number of rotatable bonds is 3. The van der Waals surface area contributed by atoms with Crippen LogP contribution < -0.4 is 5.32 Å². The topological polar surface area (TPSA) is 46.2 Å². The maximum atomic E-state index is 12.8. The molecular weight excluding hydrogens is 294 g/mol. The number of aryl methyl sites for hydroxylation is 2. The number of hydrogen-bond acceptors (Lipinski definition) is 3. The van der Waals surface area contributed by atoms with Crippen LogP contribution in [0.2, 0.25) is 0 Å². The minimum Gasteiger partial charge on any atom is -0.388 e. The van der Waals surface area contributed by atoms with Gasteiger partial charge in [-0.25, -0.2) is 8.42 Å². The van der Waals surface area contributed by atoms with E-state index >= 15 is 0 Å². The zero-order valence-electron chi connectivity index (χ0n) is 12.8. The summed E-state index contributed by atoms with van der Waals surface area (Å²) in [5, 5.41) is 3.17. The van der Waals surface area contributed by atoms with Gasteiger partial charge in [-0.15, -0.1) is 0 Å². The molecule has 2 aromatic rings. The Kier molecular flexibility index (Phi) is 3.79. The van der Waals surface area contributed by atoms with Gasteiger partial charge in [-0.05, 0) is 55.2 Å². The number of benzene rings is 2. The summed E-state index contributed by atoms with van der Waals surface area (Å²) in [5.74, 6) is 0. The summed E-state index contributed by atoms with van der Waals surface area (Å²) < 4.78 is 25.6. The molecule has 0 atom stereocenters. The Bertz CT molecular complexity index is 851. The molecule has 0 fully saturated rings. The average Bonchev–Trinajstić information content (AvgIpc) is 2.53. The molecule has 0 spiro atoms. The Balaban J connectivity index is 2.08. The Morgan fingerprint density at radius 3 is 2.55 bits per heavy atom. The molecule has 0 heterocycles. The SMILES string of the molecule is CNC1=CCCc2cc(S(=O)(=O)c3cccc(C)c3)ccc21. The first-order valence-electron chi connectivity index (χ1n) is 7.35. The number of allylic oxidation sites excluding steroid dienone is 1. The first-order chi connectivity index (χ1) is 10.5. The largest absolute Gasteiger partial charge is 0.388 e. The normalized spacial score (nSPS) is 14.2. The highest BCUT2D eigenvalue weighted by molar-refractivity contribution is 7.91. The summed E-state index contributed by atoms with van der Waals surface area (Å²) in [5.41, 5.74) is 4.19. The standard InChI is InChI=1S/C18H19NO2S/c1-13-5-3-7-15(11-13)22(20,21)16-9-10-17-14(12-16)6-4-8-18(17)19-2/h3,5,7-12,19H,4,6H2,1-2H3. The van der Waals surface area contributed by atoms with Crippen molar-refractivity contribution in [2.75, 3.05) is 7.05 Å². The molecule has 0 aliphatic heterocycles. The van der Waals surface area contributed by atoms with Crippen LogP contribution >= 0.6 is 0 Å². The molecule has 22 heavy (non-hydrogen) atoms. The number of nitrogens with one attached hydrogen (secondary N) is 1. The molecule has 0 amide bonds. The van der Waals surface area contributed by atoms with Crippen molar-refractivity contribution in [1.29, 1.82) is 0 Å². The molecule has 3 nitrogen and oxygen atoms in total. The van der Waals surface area contributed by atoms with Gasteiger partial charge in [0.1, 0.15) is 0 Å². The molecule has 114 valence electrons. The van der Waals surface area contributed by atoms with E-state index in [0.717, 1.165) is 35.2 Å². The fraction of sp³-hybridized carbons (Fsp3) is 0.222. The van der Waals surface area contributed by atoms with Crippen LogP contribution in [0.5, 0.6) is 0 Å². The highest BCUT2D eigenvalue weighted by Gasteiger charge is 2.20. The van der Waals surface area contributed by atoms with E-state index in [1.807, 2.05) is 32.2 Å². The van der Waals surface area contributed by atoms with E-state index in [-0.39, 0.29) is 0 Å². The number of hydrogen-bond donors (Lipinski definition) is 1. The molecule has 2 aromatic carbocycles. The van der Waals surface area contributed by atoms with Gasteiger partial charge in [-0.3, -0.25) is 0 Å². The first-order valence-corrected chi connectivity index (χ1v) is 8.83. The van der Waals surface area contributed by atoms with Crippen LogP contribution in [-0.4, -0.2) is 15.5 Å². The Labute approximate surface area is 131 Å². The molecule has 0 saturated heterocycles. The second-order valence-corrected chi connectivity index (χ2v) is 7.50. The third kappa shape index (κ3) is 2.55. The van der Waals surface area contributed by atoms with E-state index in [1.54, 1.807) is 24.3 Å². The lowest BCUT2D eigenvalue weighted by atomic mass is 9.95. The summed E-state index contributed by atoms with van der Waals surface area (Å²) in [6.45, 7) is 1.90. The van der Waals surface area contributed by atoms with Crippen LogP contribution in [0, 0.1) is 6.92 Å². The van der Waals surface area contributed by atoms with Crippen LogP contribution in [0.3, 0.4) is 0 Å². The molecule has 1 N–H and O–H groups in total. The first kappa shape index (κ1) is 14.9. The highest BCUT2D eigenvalue weighted by Crippen LogP contribution is 2.29. The summed E-state index contributed by atoms with van der Waals surface area (Å²) >= 11 is 0. The van der Waals surface area contributed by atoms with Gasteiger partial charge in [0.15, 0.2) is 0 Å². The molecular formula is C18H19NO2S. The van der Waals surface area contributed by atoms with Crippen molar-refractivity contribution >= 4 is 15.5 Å². The third-order valence-corrected chi connectivity index (χ3v) is 5.76. The molecule has 0 aromatic heterocycles. The zero-order valence-corrected chi connectivity index (χ0v) is 13.6. The van der Waals surface area contributed by atoms with E-state index < -0.39 is 9.84 Å². The third-order valence-electron chi connectivity index (χ3n) is 4.01. The highest BCUT2D eigenvalue weighted by atomic mass is 32.2. The maximum Gasteiger partial charge on any atom is 0.206 e. The smallest absolute Gasteiger partial charge is 0.206 e. The maximum absolute atomic E-state index is 12.8. The van der Waals surface area contributed by atoms with Crippen molar-refractivity contribution in [3.63, 3.8) is 0 Å². The van der Waals surface area contributed by atoms with Crippen LogP contribution in [0.1, 0.15) is 23.1 Å². The Morgan fingerprint density at radius 2 is 1.82 bits per heavy atom. The number of sulfone groups is 1. The predicted octanol–water partition coefficient (Wildman–Crippen LogP) is 3.33. The lowest BCUT2D eigenvalue weighted by Gasteiger charge is -2.18. The van der Waals surface area contributed by atoms with Crippen LogP contribution in [0.15, 0.2) is 58.3 Å². The number of fused-ring (bicyclic) bond motifs is 1. The average molecular weight is 313 g/mol. The van der Waals surface area contributed by atoms with E-state index in [1.165, 1.54) is 0 Å². The molecule has 3 rings (SSSR count). The van der Waals surface area contributed by atoms with Gasteiger partial charge in [0.05, 0.1) is 9.79 Å². The fourth-order valence-electron chi connectivity index (χ4n) is 2.84. The van der Waals surface area contributed by atoms with E-state index in [9.17, 15) is 8.42 Å². The van der Waals surface area contributed by atoms with Gasteiger partial charge in [-0.2, -0.15) is 0 Å². The zero-order chi connectivity index (χ0) is 15.7. The van der Waals surface area contributed by atoms with Gasteiger partial charge in [0, 0.05) is 18.3 Å². The van der Waals surface area contributed by atoms with Crippen LogP contribution in [0.4, 0.5) is 0 Å². The summed E-state index contributed by atoms with van der Waals surface area (Å²) in [4.78, 5) is 0.724. The molecule has 0 bridgehead atoms. The molecule has 1 aliphatic rings. The Morgan fingerprint density at radius 1 is 1.05 bits per heavy atom. The van der Waals surface area contributed by atoms with Gasteiger partial charge in [0.2, 0.25) is 9.84 Å². The minimum atomic E-state index is -3.46. The molecule has 1 aliphatic carbocycles. The van der Waals surface area contributed by atoms with Crippen molar-refractivity contribution in [3.8, 4) is 0 Å². The van der Waals surface area contributed by atoms with E-state index in [0.29, 0.717) is 9.79 Å². The van der Waals surface area contributed by atoms with Crippen LogP contribution in [0.25, 0.3) is 5.70 Å². The van der Waals surface area contributed by atoms with Crippen molar-refractivity contribution in [2.45, 2.75) is 29.6 Å². The van der Waals surface area contributed by atoms with Crippen LogP contribution in [-0.2, 0) is 16.3 Å².